The predicted molar refractivity (Wildman–Crippen MR) is 57.1 cm³/mol. The zero-order chi connectivity index (χ0) is 10.1. The molecular weight excluding hydrogens is 174 g/mol. The van der Waals surface area contributed by atoms with Crippen LogP contribution in [0.3, 0.4) is 0 Å². The van der Waals surface area contributed by atoms with Gasteiger partial charge in [-0.3, -0.25) is 0 Å². The second-order valence-electron chi connectivity index (χ2n) is 4.26. The Morgan fingerprint density at radius 3 is 2.64 bits per heavy atom. The number of rotatable bonds is 2. The van der Waals surface area contributed by atoms with Crippen LogP contribution in [0.5, 0.6) is 5.75 Å². The second kappa shape index (κ2) is 3.62. The predicted octanol–water partition coefficient (Wildman–Crippen LogP) is 2.50. The minimum Gasteiger partial charge on any atom is -0.508 e. The second-order valence-corrected chi connectivity index (χ2v) is 4.26. The molecule has 1 aliphatic rings. The van der Waals surface area contributed by atoms with Gasteiger partial charge < -0.3 is 10.8 Å². The largest absolute Gasteiger partial charge is 0.508 e. The molecule has 2 heteroatoms. The average molecular weight is 191 g/mol. The van der Waals surface area contributed by atoms with E-state index in [0.717, 1.165) is 11.1 Å². The average Bonchev–Trinajstić information content (AvgIpc) is 2.06. The first-order valence-electron chi connectivity index (χ1n) is 5.23. The van der Waals surface area contributed by atoms with E-state index in [1.165, 1.54) is 19.3 Å². The lowest BCUT2D eigenvalue weighted by atomic mass is 9.77. The molecule has 2 nitrogen and oxygen atoms in total. The molecule has 1 saturated carbocycles. The van der Waals surface area contributed by atoms with Gasteiger partial charge in [0, 0.05) is 6.04 Å². The van der Waals surface area contributed by atoms with Gasteiger partial charge in [-0.25, -0.2) is 0 Å². The quantitative estimate of drug-likeness (QED) is 0.754. The van der Waals surface area contributed by atoms with Gasteiger partial charge in [-0.05, 0) is 42.9 Å². The zero-order valence-electron chi connectivity index (χ0n) is 8.53. The molecule has 0 amide bonds. The first-order chi connectivity index (χ1) is 6.68. The van der Waals surface area contributed by atoms with Crippen molar-refractivity contribution in [1.82, 2.24) is 0 Å². The lowest BCUT2D eigenvalue weighted by Crippen LogP contribution is -2.26. The van der Waals surface area contributed by atoms with Crippen molar-refractivity contribution in [3.05, 3.63) is 29.3 Å². The van der Waals surface area contributed by atoms with Crippen LogP contribution >= 0.6 is 0 Å². The van der Waals surface area contributed by atoms with Crippen molar-refractivity contribution >= 4 is 0 Å². The van der Waals surface area contributed by atoms with Gasteiger partial charge in [-0.1, -0.05) is 18.6 Å². The van der Waals surface area contributed by atoms with Crippen molar-refractivity contribution in [2.45, 2.75) is 32.2 Å². The Labute approximate surface area is 84.7 Å². The normalized spacial score (nSPS) is 19.0. The number of benzene rings is 1. The minimum atomic E-state index is 0.156. The molecule has 2 rings (SSSR count). The first kappa shape index (κ1) is 9.53. The minimum absolute atomic E-state index is 0.156. The monoisotopic (exact) mass is 191 g/mol. The van der Waals surface area contributed by atoms with Gasteiger partial charge in [-0.2, -0.15) is 0 Å². The third-order valence-corrected chi connectivity index (χ3v) is 3.26. The Kier molecular flexibility index (Phi) is 2.46. The molecule has 1 aromatic rings. The van der Waals surface area contributed by atoms with E-state index in [1.54, 1.807) is 6.07 Å². The summed E-state index contributed by atoms with van der Waals surface area (Å²) < 4.78 is 0. The number of aryl methyl sites for hydroxylation is 1. The maximum atomic E-state index is 9.39. The summed E-state index contributed by atoms with van der Waals surface area (Å²) >= 11 is 0. The smallest absolute Gasteiger partial charge is 0.118 e. The van der Waals surface area contributed by atoms with E-state index in [1.807, 2.05) is 19.1 Å². The van der Waals surface area contributed by atoms with Gasteiger partial charge in [0.15, 0.2) is 0 Å². The summed E-state index contributed by atoms with van der Waals surface area (Å²) in [6, 6.07) is 5.83. The van der Waals surface area contributed by atoms with Crippen molar-refractivity contribution in [3.8, 4) is 5.75 Å². The van der Waals surface area contributed by atoms with Gasteiger partial charge in [0.1, 0.15) is 5.75 Å². The maximum Gasteiger partial charge on any atom is 0.118 e. The molecule has 1 fully saturated rings. The number of phenols is 1. The third-order valence-electron chi connectivity index (χ3n) is 3.26. The number of aromatic hydroxyl groups is 1. The van der Waals surface area contributed by atoms with Gasteiger partial charge >= 0.3 is 0 Å². The van der Waals surface area contributed by atoms with Crippen LogP contribution in [0, 0.1) is 12.8 Å². The van der Waals surface area contributed by atoms with E-state index in [-0.39, 0.29) is 6.04 Å². The fourth-order valence-corrected chi connectivity index (χ4v) is 1.96. The molecule has 0 bridgehead atoms. The lowest BCUT2D eigenvalue weighted by molar-refractivity contribution is 0.264. The molecular formula is C12H17NO. The fraction of sp³-hybridized carbons (Fsp3) is 0.500. The van der Waals surface area contributed by atoms with E-state index in [2.05, 4.69) is 0 Å². The summed E-state index contributed by atoms with van der Waals surface area (Å²) in [5.41, 5.74) is 8.21. The highest BCUT2D eigenvalue weighted by atomic mass is 16.3. The highest BCUT2D eigenvalue weighted by Crippen LogP contribution is 2.36. The van der Waals surface area contributed by atoms with Gasteiger partial charge in [0.2, 0.25) is 0 Å². The SMILES string of the molecule is Cc1cc([C@@H](N)C2CCC2)ccc1O. The highest BCUT2D eigenvalue weighted by Gasteiger charge is 2.25. The van der Waals surface area contributed by atoms with Gasteiger partial charge in [-0.15, -0.1) is 0 Å². The molecule has 0 spiro atoms. The van der Waals surface area contributed by atoms with E-state index >= 15 is 0 Å². The lowest BCUT2D eigenvalue weighted by Gasteiger charge is -2.31. The number of hydrogen-bond donors (Lipinski definition) is 2. The van der Waals surface area contributed by atoms with E-state index in [4.69, 9.17) is 5.73 Å². The first-order valence-corrected chi connectivity index (χ1v) is 5.23. The maximum absolute atomic E-state index is 9.39. The van der Waals surface area contributed by atoms with Gasteiger partial charge in [0.05, 0.1) is 0 Å². The summed E-state index contributed by atoms with van der Waals surface area (Å²) in [6.07, 6.45) is 3.82. The number of phenolic OH excluding ortho intramolecular Hbond substituents is 1. The van der Waals surface area contributed by atoms with Crippen molar-refractivity contribution in [1.29, 1.82) is 0 Å². The summed E-state index contributed by atoms with van der Waals surface area (Å²) in [6.45, 7) is 1.91. The third kappa shape index (κ3) is 1.62. The molecule has 14 heavy (non-hydrogen) atoms. The highest BCUT2D eigenvalue weighted by molar-refractivity contribution is 5.36. The van der Waals surface area contributed by atoms with Crippen molar-refractivity contribution in [3.63, 3.8) is 0 Å². The van der Waals surface area contributed by atoms with Crippen LogP contribution in [-0.4, -0.2) is 5.11 Å². The van der Waals surface area contributed by atoms with Crippen LogP contribution < -0.4 is 5.73 Å². The van der Waals surface area contributed by atoms with Crippen LogP contribution in [0.2, 0.25) is 0 Å². The van der Waals surface area contributed by atoms with Crippen LogP contribution in [0.25, 0.3) is 0 Å². The van der Waals surface area contributed by atoms with E-state index in [9.17, 15) is 5.11 Å². The van der Waals surface area contributed by atoms with Crippen molar-refractivity contribution in [2.24, 2.45) is 11.7 Å². The van der Waals surface area contributed by atoms with Crippen LogP contribution in [-0.2, 0) is 0 Å². The van der Waals surface area contributed by atoms with Crippen LogP contribution in [0.4, 0.5) is 0 Å². The molecule has 0 aromatic heterocycles. The molecule has 0 unspecified atom stereocenters. The topological polar surface area (TPSA) is 46.2 Å². The summed E-state index contributed by atoms with van der Waals surface area (Å²) in [5, 5.41) is 9.39. The summed E-state index contributed by atoms with van der Waals surface area (Å²) in [7, 11) is 0. The number of nitrogens with two attached hydrogens (primary N) is 1. The van der Waals surface area contributed by atoms with Crippen LogP contribution in [0.1, 0.15) is 36.4 Å². The Balaban J connectivity index is 2.18. The van der Waals surface area contributed by atoms with Crippen LogP contribution in [0.15, 0.2) is 18.2 Å². The molecule has 0 aliphatic heterocycles. The van der Waals surface area contributed by atoms with E-state index in [0.29, 0.717) is 11.7 Å². The summed E-state index contributed by atoms with van der Waals surface area (Å²) in [4.78, 5) is 0. The molecule has 1 aliphatic carbocycles. The Morgan fingerprint density at radius 1 is 1.43 bits per heavy atom. The zero-order valence-corrected chi connectivity index (χ0v) is 8.53. The molecule has 1 aromatic carbocycles. The molecule has 0 heterocycles. The molecule has 0 radical (unpaired) electrons. The van der Waals surface area contributed by atoms with Crippen molar-refractivity contribution in [2.75, 3.05) is 0 Å². The summed E-state index contributed by atoms with van der Waals surface area (Å²) in [5.74, 6) is 1.01. The van der Waals surface area contributed by atoms with Gasteiger partial charge in [0.25, 0.3) is 0 Å². The number of hydrogen-bond acceptors (Lipinski definition) is 2. The van der Waals surface area contributed by atoms with Crippen molar-refractivity contribution < 1.29 is 5.11 Å². The van der Waals surface area contributed by atoms with E-state index < -0.39 is 0 Å². The molecule has 1 atom stereocenters. The molecule has 0 saturated heterocycles. The fourth-order valence-electron chi connectivity index (χ4n) is 1.96. The molecule has 76 valence electrons. The standard InChI is InChI=1S/C12H17NO/c1-8-7-10(5-6-11(8)14)12(13)9-3-2-4-9/h5-7,9,12,14H,2-4,13H2,1H3/t12-/m0/s1. The Hall–Kier alpha value is -1.02. The Morgan fingerprint density at radius 2 is 2.14 bits per heavy atom. The molecule has 3 N–H and O–H groups in total. The Bertz CT molecular complexity index is 331.